The summed E-state index contributed by atoms with van der Waals surface area (Å²) in [6, 6.07) is -1.39. The fourth-order valence-electron chi connectivity index (χ4n) is 7.83. The number of phenolic OH excluding ortho intramolecular Hbond substituents is 1. The number of nitrogens with two attached hydrogens (primary N) is 3. The van der Waals surface area contributed by atoms with Gasteiger partial charge in [0.05, 0.1) is 39.1 Å². The molecule has 2 saturated heterocycles. The van der Waals surface area contributed by atoms with Crippen LogP contribution in [-0.2, 0) is 54.4 Å². The minimum absolute atomic E-state index is 0. The van der Waals surface area contributed by atoms with Gasteiger partial charge in [-0.25, -0.2) is 0 Å². The number of hydrogen-bond acceptors (Lipinski definition) is 17. The zero-order valence-corrected chi connectivity index (χ0v) is 42.0. The summed E-state index contributed by atoms with van der Waals surface area (Å²) in [5.41, 5.74) is 17.1. The summed E-state index contributed by atoms with van der Waals surface area (Å²) < 4.78 is 0. The summed E-state index contributed by atoms with van der Waals surface area (Å²) in [4.78, 5) is 144. The zero-order valence-electron chi connectivity index (χ0n) is 39.8. The predicted molar refractivity (Wildman–Crippen MR) is 250 cm³/mol. The Balaban J connectivity index is 0.0000178. The number of hydrogen-bond donors (Lipinski definition) is 12. The van der Waals surface area contributed by atoms with Crippen LogP contribution in [0.5, 0.6) is 5.75 Å². The molecule has 1 aromatic carbocycles. The number of unbranched alkanes of at least 4 members (excludes halogenated alkanes) is 1. The second-order valence-corrected chi connectivity index (χ2v) is 17.1. The van der Waals surface area contributed by atoms with E-state index in [0.717, 1.165) is 0 Å². The molecule has 3 rings (SSSR count). The van der Waals surface area contributed by atoms with Crippen LogP contribution in [0.4, 0.5) is 0 Å². The summed E-state index contributed by atoms with van der Waals surface area (Å²) in [5.74, 6) is -11.8. The summed E-state index contributed by atoms with van der Waals surface area (Å²) in [6.07, 6.45) is -1.26. The van der Waals surface area contributed by atoms with Crippen LogP contribution in [0.2, 0.25) is 0 Å². The molecular formula is C43H67GdN13O15+3. The van der Waals surface area contributed by atoms with E-state index in [1.54, 1.807) is 4.90 Å². The van der Waals surface area contributed by atoms with Crippen molar-refractivity contribution in [2.75, 3.05) is 98.2 Å². The van der Waals surface area contributed by atoms with Gasteiger partial charge in [0.2, 0.25) is 29.5 Å². The van der Waals surface area contributed by atoms with E-state index in [-0.39, 0.29) is 149 Å². The SMILES string of the molecule is NCCCC[C@H]1C(=O)N[C@@H](CCCN=C(N)N)C(=O)NCC(=O)N[C@@H](CC(=O)O)C(=O)N[C@H](Cc2ccc(O)cc2)C(=O)N1C(=O)CN1CCN(CC(=O)O)CCN(CC(=O)O)CCN(CC(=O)O)CC1.[Gd+3]. The van der Waals surface area contributed by atoms with Crippen LogP contribution < -0.4 is 38.5 Å². The average molecular weight is 1160 g/mol. The van der Waals surface area contributed by atoms with E-state index in [9.17, 15) is 63.9 Å². The minimum Gasteiger partial charge on any atom is -0.508 e. The Bertz CT molecular complexity index is 2030. The average Bonchev–Trinajstić information content (AvgIpc) is 3.28. The van der Waals surface area contributed by atoms with Gasteiger partial charge in [0.1, 0.15) is 29.9 Å². The first-order valence-electron chi connectivity index (χ1n) is 23.0. The van der Waals surface area contributed by atoms with Gasteiger partial charge in [0, 0.05) is 65.3 Å². The Labute approximate surface area is 447 Å². The standard InChI is InChI=1S/C43H67N13O15.Gd/c44-10-2-1-5-32-41(70)50-29(4-3-11-47-43(45)46)39(68)48-22-33(58)49-30(21-35(60)61)40(69)51-31(20-27-6-8-28(57)9-7-27)42(71)56(32)34(59)23-52-12-14-53(24-36(62)63)16-18-55(26-38(66)67)19-17-54(15-13-52)25-37(64)65;/h6-9,29-32,57H,1-5,10-26,44H2,(H,48,68)(H,49,58)(H,50,70)(H,51,69)(H,60,61)(H,62,63)(H,64,65)(H,66,67)(H4,45,46,47);/q;+3/t29-,30-,31+,32-;/m0./s1. The molecule has 1 aromatic rings. The molecule has 2 fully saturated rings. The summed E-state index contributed by atoms with van der Waals surface area (Å²) in [6.45, 7) is -2.63. The van der Waals surface area contributed by atoms with Gasteiger partial charge < -0.3 is 64.0 Å². The summed E-state index contributed by atoms with van der Waals surface area (Å²) >= 11 is 0. The maximum atomic E-state index is 15.3. The topological polar surface area (TPSA) is 427 Å². The number of nitrogens with one attached hydrogen (secondary N) is 4. The number of benzene rings is 1. The zero-order chi connectivity index (χ0) is 52.6. The van der Waals surface area contributed by atoms with Crippen LogP contribution in [0.25, 0.3) is 0 Å². The Hall–Kier alpha value is -5.69. The number of aromatic hydroxyl groups is 1. The smallest absolute Gasteiger partial charge is 0.508 e. The maximum absolute atomic E-state index is 15.3. The minimum atomic E-state index is -1.84. The largest absolute Gasteiger partial charge is 3.00 e. The van der Waals surface area contributed by atoms with E-state index in [2.05, 4.69) is 26.3 Å². The molecule has 0 aromatic heterocycles. The monoisotopic (exact) mass is 1160 g/mol. The van der Waals surface area contributed by atoms with Gasteiger partial charge in [0.25, 0.3) is 5.91 Å². The third-order valence-electron chi connectivity index (χ3n) is 11.4. The van der Waals surface area contributed by atoms with Crippen LogP contribution in [0.3, 0.4) is 0 Å². The number of carbonyl (C=O) groups excluding carboxylic acids is 6. The van der Waals surface area contributed by atoms with Gasteiger partial charge in [-0.3, -0.25) is 77.4 Å². The molecule has 0 unspecified atom stereocenters. The van der Waals surface area contributed by atoms with Crippen LogP contribution in [0, 0.1) is 39.9 Å². The third-order valence-corrected chi connectivity index (χ3v) is 11.4. The molecule has 0 saturated carbocycles. The molecule has 0 aliphatic carbocycles. The Morgan fingerprint density at radius 2 is 1.11 bits per heavy atom. The maximum Gasteiger partial charge on any atom is 3.00 e. The molecule has 2 aliphatic heterocycles. The van der Waals surface area contributed by atoms with Crippen molar-refractivity contribution in [1.29, 1.82) is 0 Å². The number of aliphatic carboxylic acids is 4. The number of imide groups is 1. The van der Waals surface area contributed by atoms with Crippen molar-refractivity contribution in [1.82, 2.24) is 45.8 Å². The predicted octanol–water partition coefficient (Wildman–Crippen LogP) is -5.62. The number of carboxylic acids is 4. The van der Waals surface area contributed by atoms with E-state index in [1.807, 2.05) is 0 Å². The normalized spacial score (nSPS) is 21.1. The summed E-state index contributed by atoms with van der Waals surface area (Å²) in [5, 5.41) is 58.5. The van der Waals surface area contributed by atoms with Crippen molar-refractivity contribution in [2.45, 2.75) is 69.1 Å². The fourth-order valence-corrected chi connectivity index (χ4v) is 7.83. The Kier molecular flexibility index (Phi) is 28.1. The quantitative estimate of drug-likeness (QED) is 0.0329. The number of amides is 6. The first-order valence-corrected chi connectivity index (χ1v) is 23.0. The van der Waals surface area contributed by atoms with E-state index in [0.29, 0.717) is 10.5 Å². The van der Waals surface area contributed by atoms with Crippen molar-refractivity contribution >= 4 is 65.3 Å². The van der Waals surface area contributed by atoms with Gasteiger partial charge in [0.15, 0.2) is 5.96 Å². The molecule has 72 heavy (non-hydrogen) atoms. The third kappa shape index (κ3) is 23.2. The second-order valence-electron chi connectivity index (χ2n) is 17.1. The number of rotatable bonds is 20. The molecule has 0 spiro atoms. The molecule has 0 bridgehead atoms. The molecule has 1 radical (unpaired) electrons. The van der Waals surface area contributed by atoms with Crippen molar-refractivity contribution < 1.29 is 113 Å². The molecule has 15 N–H and O–H groups in total. The number of phenols is 1. The van der Waals surface area contributed by atoms with Gasteiger partial charge in [-0.1, -0.05) is 12.1 Å². The molecule has 4 atom stereocenters. The van der Waals surface area contributed by atoms with Crippen molar-refractivity contribution in [2.24, 2.45) is 22.2 Å². The van der Waals surface area contributed by atoms with Crippen LogP contribution >= 0.6 is 0 Å². The first kappa shape index (κ1) is 62.4. The van der Waals surface area contributed by atoms with E-state index < -0.39 is 129 Å². The molecule has 2 aliphatic rings. The Morgan fingerprint density at radius 1 is 0.611 bits per heavy atom. The van der Waals surface area contributed by atoms with Crippen LogP contribution in [-0.4, -0.2) is 238 Å². The Morgan fingerprint density at radius 3 is 1.58 bits per heavy atom. The number of carboxylic acid groups (broad SMARTS) is 4. The number of guanidine groups is 1. The van der Waals surface area contributed by atoms with E-state index in [1.165, 1.54) is 39.0 Å². The van der Waals surface area contributed by atoms with Gasteiger partial charge in [-0.15, -0.1) is 0 Å². The van der Waals surface area contributed by atoms with Crippen molar-refractivity contribution in [3.05, 3.63) is 29.8 Å². The summed E-state index contributed by atoms with van der Waals surface area (Å²) in [7, 11) is 0. The van der Waals surface area contributed by atoms with Crippen molar-refractivity contribution in [3.8, 4) is 5.75 Å². The molecular weight excluding hydrogens is 1100 g/mol. The van der Waals surface area contributed by atoms with Gasteiger partial charge >= 0.3 is 63.8 Å². The first-order chi connectivity index (χ1) is 33.6. The molecule has 399 valence electrons. The number of nitrogens with zero attached hydrogens (tertiary/aromatic N) is 6. The van der Waals surface area contributed by atoms with E-state index in [4.69, 9.17) is 17.2 Å². The number of carbonyl (C=O) groups is 10. The molecule has 6 amide bonds. The van der Waals surface area contributed by atoms with Crippen LogP contribution in [0.15, 0.2) is 29.3 Å². The van der Waals surface area contributed by atoms with Crippen molar-refractivity contribution in [3.63, 3.8) is 0 Å². The number of aliphatic imine (C=N–C) groups is 1. The van der Waals surface area contributed by atoms with Crippen LogP contribution in [0.1, 0.15) is 44.1 Å². The molecule has 28 nitrogen and oxygen atoms in total. The molecule has 2 heterocycles. The fraction of sp³-hybridized carbons (Fsp3) is 0.605. The van der Waals surface area contributed by atoms with Gasteiger partial charge in [-0.05, 0) is 56.3 Å². The molecule has 29 heteroatoms. The van der Waals surface area contributed by atoms with E-state index >= 15 is 9.59 Å². The van der Waals surface area contributed by atoms with Gasteiger partial charge in [-0.2, -0.15) is 0 Å². The second kappa shape index (κ2) is 32.4.